The first-order chi connectivity index (χ1) is 9.17. The number of nitrogens with zero attached hydrogens (tertiary/aromatic N) is 1. The monoisotopic (exact) mass is 328 g/mol. The Morgan fingerprint density at radius 3 is 2.84 bits per heavy atom. The smallest absolute Gasteiger partial charge is 0.160 e. The zero-order chi connectivity index (χ0) is 13.8. The summed E-state index contributed by atoms with van der Waals surface area (Å²) in [7, 11) is 0. The zero-order valence-corrected chi connectivity index (χ0v) is 13.0. The molecule has 1 heterocycles. The van der Waals surface area contributed by atoms with Gasteiger partial charge in [0.05, 0.1) is 10.2 Å². The van der Waals surface area contributed by atoms with Crippen LogP contribution in [-0.2, 0) is 6.54 Å². The fraction of sp³-hybridized carbons (Fsp3) is 0.600. The van der Waals surface area contributed by atoms with Gasteiger partial charge in [0.2, 0.25) is 0 Å². The number of rotatable bonds is 3. The molecule has 1 aromatic rings. The van der Waals surface area contributed by atoms with Crippen LogP contribution in [0.1, 0.15) is 38.2 Å². The molecule has 106 valence electrons. The fourth-order valence-electron chi connectivity index (χ4n) is 2.80. The number of hydrogen-bond donors (Lipinski definition) is 1. The van der Waals surface area contributed by atoms with Crippen LogP contribution >= 0.6 is 15.9 Å². The lowest BCUT2D eigenvalue weighted by molar-refractivity contribution is 0.459. The van der Waals surface area contributed by atoms with Gasteiger partial charge in [-0.15, -0.1) is 0 Å². The molecule has 1 unspecified atom stereocenters. The Kier molecular flexibility index (Phi) is 5.22. The normalized spacial score (nSPS) is 20.4. The Balaban J connectivity index is 2.20. The molecule has 1 fully saturated rings. The zero-order valence-electron chi connectivity index (χ0n) is 11.5. The average Bonchev–Trinajstić information content (AvgIpc) is 2.67. The molecule has 1 aliphatic rings. The van der Waals surface area contributed by atoms with Crippen LogP contribution in [0.25, 0.3) is 0 Å². The van der Waals surface area contributed by atoms with Crippen LogP contribution in [0.4, 0.5) is 10.1 Å². The standard InChI is InChI=1S/C15H22BrFN2/c1-2-11-4-3-8-19(9-7-11)13-6-5-12(10-18)14(16)15(13)17/h5-6,11H,2-4,7-10,18H2,1H3. The predicted molar refractivity (Wildman–Crippen MR) is 81.8 cm³/mol. The maximum atomic E-state index is 14.4. The van der Waals surface area contributed by atoms with Crippen LogP contribution in [0.3, 0.4) is 0 Å². The first-order valence-electron chi connectivity index (χ1n) is 7.09. The molecule has 1 saturated heterocycles. The van der Waals surface area contributed by atoms with Gasteiger partial charge in [-0.1, -0.05) is 19.4 Å². The largest absolute Gasteiger partial charge is 0.369 e. The van der Waals surface area contributed by atoms with Gasteiger partial charge >= 0.3 is 0 Å². The van der Waals surface area contributed by atoms with E-state index in [0.29, 0.717) is 16.7 Å². The minimum atomic E-state index is -0.169. The molecule has 0 aromatic heterocycles. The summed E-state index contributed by atoms with van der Waals surface area (Å²) >= 11 is 3.32. The van der Waals surface area contributed by atoms with Crippen molar-refractivity contribution in [1.29, 1.82) is 0 Å². The van der Waals surface area contributed by atoms with Crippen LogP contribution in [-0.4, -0.2) is 13.1 Å². The molecule has 2 N–H and O–H groups in total. The van der Waals surface area contributed by atoms with Gasteiger partial charge < -0.3 is 10.6 Å². The van der Waals surface area contributed by atoms with Crippen LogP contribution < -0.4 is 10.6 Å². The highest BCUT2D eigenvalue weighted by atomic mass is 79.9. The Morgan fingerprint density at radius 2 is 2.16 bits per heavy atom. The highest BCUT2D eigenvalue weighted by Crippen LogP contribution is 2.31. The van der Waals surface area contributed by atoms with E-state index < -0.39 is 0 Å². The van der Waals surface area contributed by atoms with E-state index in [-0.39, 0.29) is 5.82 Å². The molecule has 1 aliphatic heterocycles. The summed E-state index contributed by atoms with van der Waals surface area (Å²) in [6.45, 7) is 4.49. The minimum absolute atomic E-state index is 0.169. The van der Waals surface area contributed by atoms with E-state index in [9.17, 15) is 4.39 Å². The molecular weight excluding hydrogens is 307 g/mol. The average molecular weight is 329 g/mol. The molecule has 1 atom stereocenters. The highest BCUT2D eigenvalue weighted by Gasteiger charge is 2.20. The summed E-state index contributed by atoms with van der Waals surface area (Å²) < 4.78 is 14.9. The predicted octanol–water partition coefficient (Wildman–Crippen LogP) is 4.06. The third-order valence-electron chi connectivity index (χ3n) is 4.13. The topological polar surface area (TPSA) is 29.3 Å². The van der Waals surface area contributed by atoms with Gasteiger partial charge in [0.25, 0.3) is 0 Å². The maximum Gasteiger partial charge on any atom is 0.160 e. The third kappa shape index (κ3) is 3.29. The van der Waals surface area contributed by atoms with E-state index in [1.807, 2.05) is 12.1 Å². The van der Waals surface area contributed by atoms with Crippen molar-refractivity contribution in [2.75, 3.05) is 18.0 Å². The fourth-order valence-corrected chi connectivity index (χ4v) is 3.29. The van der Waals surface area contributed by atoms with E-state index in [2.05, 4.69) is 27.8 Å². The Hall–Kier alpha value is -0.610. The molecule has 0 saturated carbocycles. The van der Waals surface area contributed by atoms with Gasteiger partial charge in [-0.25, -0.2) is 4.39 Å². The SMILES string of the molecule is CCC1CCCN(c2ccc(CN)c(Br)c2F)CC1. The van der Waals surface area contributed by atoms with Crippen molar-refractivity contribution in [1.82, 2.24) is 0 Å². The van der Waals surface area contributed by atoms with Crippen molar-refractivity contribution in [2.45, 2.75) is 39.2 Å². The number of nitrogens with two attached hydrogens (primary N) is 1. The summed E-state index contributed by atoms with van der Waals surface area (Å²) in [6, 6.07) is 3.79. The molecular formula is C15H22BrFN2. The summed E-state index contributed by atoms with van der Waals surface area (Å²) in [6.07, 6.45) is 4.79. The quantitative estimate of drug-likeness (QED) is 0.906. The van der Waals surface area contributed by atoms with E-state index >= 15 is 0 Å². The van der Waals surface area contributed by atoms with Crippen molar-refractivity contribution in [3.63, 3.8) is 0 Å². The molecule has 4 heteroatoms. The van der Waals surface area contributed by atoms with Crippen LogP contribution in [0, 0.1) is 11.7 Å². The lowest BCUT2D eigenvalue weighted by Gasteiger charge is -2.24. The van der Waals surface area contributed by atoms with Crippen molar-refractivity contribution >= 4 is 21.6 Å². The van der Waals surface area contributed by atoms with Crippen LogP contribution in [0.5, 0.6) is 0 Å². The molecule has 0 radical (unpaired) electrons. The summed E-state index contributed by atoms with van der Waals surface area (Å²) in [5, 5.41) is 0. The second-order valence-electron chi connectivity index (χ2n) is 5.27. The van der Waals surface area contributed by atoms with Gasteiger partial charge in [0.15, 0.2) is 5.82 Å². The number of benzene rings is 1. The molecule has 0 amide bonds. The molecule has 1 aromatic carbocycles. The van der Waals surface area contributed by atoms with Gasteiger partial charge in [-0.2, -0.15) is 0 Å². The molecule has 2 nitrogen and oxygen atoms in total. The maximum absolute atomic E-state index is 14.4. The Bertz CT molecular complexity index is 436. The van der Waals surface area contributed by atoms with Crippen molar-refractivity contribution in [2.24, 2.45) is 11.7 Å². The lowest BCUT2D eigenvalue weighted by Crippen LogP contribution is -2.25. The summed E-state index contributed by atoms with van der Waals surface area (Å²) in [4.78, 5) is 2.18. The van der Waals surface area contributed by atoms with Gasteiger partial charge in [-0.3, -0.25) is 0 Å². The number of hydrogen-bond acceptors (Lipinski definition) is 2. The lowest BCUT2D eigenvalue weighted by atomic mass is 9.98. The van der Waals surface area contributed by atoms with Crippen LogP contribution in [0.15, 0.2) is 16.6 Å². The molecule has 0 aliphatic carbocycles. The van der Waals surface area contributed by atoms with E-state index in [4.69, 9.17) is 5.73 Å². The summed E-state index contributed by atoms with van der Waals surface area (Å²) in [5.41, 5.74) is 7.13. The van der Waals surface area contributed by atoms with Gasteiger partial charge in [-0.05, 0) is 52.7 Å². The Labute approximate surface area is 123 Å². The number of anilines is 1. The second kappa shape index (κ2) is 6.71. The second-order valence-corrected chi connectivity index (χ2v) is 6.06. The first-order valence-corrected chi connectivity index (χ1v) is 7.88. The first kappa shape index (κ1) is 14.8. The van der Waals surface area contributed by atoms with Crippen molar-refractivity contribution in [3.05, 3.63) is 28.0 Å². The van der Waals surface area contributed by atoms with Gasteiger partial charge in [0.1, 0.15) is 0 Å². The third-order valence-corrected chi connectivity index (χ3v) is 4.98. The minimum Gasteiger partial charge on any atom is -0.369 e. The molecule has 0 spiro atoms. The van der Waals surface area contributed by atoms with Gasteiger partial charge in [0, 0.05) is 19.6 Å². The van der Waals surface area contributed by atoms with Crippen molar-refractivity contribution < 1.29 is 4.39 Å². The molecule has 19 heavy (non-hydrogen) atoms. The summed E-state index contributed by atoms with van der Waals surface area (Å²) in [5.74, 6) is 0.623. The van der Waals surface area contributed by atoms with E-state index in [1.54, 1.807) is 0 Å². The number of halogens is 2. The van der Waals surface area contributed by atoms with Crippen molar-refractivity contribution in [3.8, 4) is 0 Å². The molecule has 0 bridgehead atoms. The highest BCUT2D eigenvalue weighted by molar-refractivity contribution is 9.10. The van der Waals surface area contributed by atoms with Crippen LogP contribution in [0.2, 0.25) is 0 Å². The Morgan fingerprint density at radius 1 is 1.37 bits per heavy atom. The van der Waals surface area contributed by atoms with E-state index in [0.717, 1.165) is 37.4 Å². The van der Waals surface area contributed by atoms with E-state index in [1.165, 1.54) is 12.8 Å². The molecule has 2 rings (SSSR count).